The van der Waals surface area contributed by atoms with E-state index in [0.29, 0.717) is 15.8 Å². The van der Waals surface area contributed by atoms with E-state index in [1.165, 1.54) is 0 Å². The number of rotatable bonds is 4. The van der Waals surface area contributed by atoms with E-state index < -0.39 is 5.91 Å². The quantitative estimate of drug-likeness (QED) is 0.298. The Labute approximate surface area is 132 Å². The van der Waals surface area contributed by atoms with E-state index in [-0.39, 0.29) is 5.76 Å². The molecule has 3 N–H and O–H groups in total. The van der Waals surface area contributed by atoms with E-state index in [9.17, 15) is 4.79 Å². The lowest BCUT2D eigenvalue weighted by Crippen LogP contribution is -2.33. The van der Waals surface area contributed by atoms with Crippen LogP contribution in [0.2, 0.25) is 10.0 Å². The van der Waals surface area contributed by atoms with Gasteiger partial charge in [-0.25, -0.2) is 5.84 Å². The predicted molar refractivity (Wildman–Crippen MR) is 83.8 cm³/mol. The lowest BCUT2D eigenvalue weighted by atomic mass is 10.2. The molecule has 2 aromatic rings. The van der Waals surface area contributed by atoms with Crippen molar-refractivity contribution in [2.75, 3.05) is 0 Å². The van der Waals surface area contributed by atoms with Crippen LogP contribution in [0.4, 0.5) is 0 Å². The molecule has 0 atom stereocenters. The molecule has 0 radical (unpaired) electrons. The van der Waals surface area contributed by atoms with Crippen LogP contribution in [-0.2, 0) is 4.79 Å². The standard InChI is InChI=1S/C15H12Cl2N2O2/c16-11-3-1-10(2-4-11)9-14(15(20)19-18)21-13-7-5-12(17)6-8-13/h1-9H,18H2,(H,19,20)/b14-9-. The SMILES string of the molecule is NNC(=O)/C(=C/c1ccc(Cl)cc1)Oc1ccc(Cl)cc1. The van der Waals surface area contributed by atoms with Gasteiger partial charge in [-0.05, 0) is 48.0 Å². The van der Waals surface area contributed by atoms with Crippen LogP contribution in [0, 0.1) is 0 Å². The Hall–Kier alpha value is -2.01. The van der Waals surface area contributed by atoms with Crippen molar-refractivity contribution in [1.82, 2.24) is 5.43 Å². The summed E-state index contributed by atoms with van der Waals surface area (Å²) in [7, 11) is 0. The van der Waals surface area contributed by atoms with Gasteiger partial charge >= 0.3 is 5.91 Å². The molecule has 4 nitrogen and oxygen atoms in total. The van der Waals surface area contributed by atoms with Gasteiger partial charge in [0.25, 0.3) is 0 Å². The molecule has 0 aliphatic heterocycles. The topological polar surface area (TPSA) is 64.3 Å². The normalized spacial score (nSPS) is 11.1. The number of amides is 1. The number of hydrogen-bond acceptors (Lipinski definition) is 3. The number of halogens is 2. The third-order valence-corrected chi connectivity index (χ3v) is 3.07. The summed E-state index contributed by atoms with van der Waals surface area (Å²) in [5, 5.41) is 1.18. The molecule has 108 valence electrons. The van der Waals surface area contributed by atoms with E-state index in [1.807, 2.05) is 5.43 Å². The van der Waals surface area contributed by atoms with Crippen LogP contribution >= 0.6 is 23.2 Å². The largest absolute Gasteiger partial charge is 0.452 e. The predicted octanol–water partition coefficient (Wildman–Crippen LogP) is 3.40. The summed E-state index contributed by atoms with van der Waals surface area (Å²) in [5.74, 6) is 5.16. The molecule has 6 heteroatoms. The molecule has 2 rings (SSSR count). The van der Waals surface area contributed by atoms with Crippen molar-refractivity contribution in [3.8, 4) is 5.75 Å². The van der Waals surface area contributed by atoms with E-state index in [0.717, 1.165) is 5.56 Å². The Bertz CT molecular complexity index is 652. The number of benzene rings is 2. The second-order valence-corrected chi connectivity index (χ2v) is 4.96. The first-order valence-corrected chi connectivity index (χ1v) is 6.76. The average molecular weight is 323 g/mol. The Morgan fingerprint density at radius 2 is 1.52 bits per heavy atom. The minimum absolute atomic E-state index is 0.0575. The molecule has 0 saturated carbocycles. The van der Waals surface area contributed by atoms with Crippen LogP contribution in [0.25, 0.3) is 6.08 Å². The number of ether oxygens (including phenoxy) is 1. The highest BCUT2D eigenvalue weighted by molar-refractivity contribution is 6.30. The van der Waals surface area contributed by atoms with Gasteiger partial charge in [0.15, 0.2) is 5.76 Å². The van der Waals surface area contributed by atoms with Crippen LogP contribution in [0.15, 0.2) is 54.3 Å². The fourth-order valence-electron chi connectivity index (χ4n) is 1.55. The Balaban J connectivity index is 2.27. The zero-order chi connectivity index (χ0) is 15.2. The summed E-state index contributed by atoms with van der Waals surface area (Å²) < 4.78 is 5.53. The summed E-state index contributed by atoms with van der Waals surface area (Å²) in [6, 6.07) is 13.6. The van der Waals surface area contributed by atoms with Crippen molar-refractivity contribution < 1.29 is 9.53 Å². The minimum atomic E-state index is -0.542. The molecule has 0 aliphatic rings. The second kappa shape index (κ2) is 7.13. The molecule has 0 unspecified atom stereocenters. The van der Waals surface area contributed by atoms with Gasteiger partial charge in [-0.3, -0.25) is 10.2 Å². The summed E-state index contributed by atoms with van der Waals surface area (Å²) in [6.07, 6.45) is 1.56. The smallest absolute Gasteiger partial charge is 0.300 e. The van der Waals surface area contributed by atoms with Gasteiger partial charge in [-0.1, -0.05) is 35.3 Å². The molecule has 2 aromatic carbocycles. The van der Waals surface area contributed by atoms with Gasteiger partial charge in [0.05, 0.1) is 0 Å². The average Bonchev–Trinajstić information content (AvgIpc) is 2.50. The molecule has 0 bridgehead atoms. The van der Waals surface area contributed by atoms with Crippen LogP contribution in [-0.4, -0.2) is 5.91 Å². The molecule has 1 amide bonds. The first kappa shape index (κ1) is 15.4. The molecular formula is C15H12Cl2N2O2. The number of hydrazine groups is 1. The number of hydrogen-bond donors (Lipinski definition) is 2. The van der Waals surface area contributed by atoms with Crippen LogP contribution in [0.1, 0.15) is 5.56 Å². The molecule has 0 saturated heterocycles. The fourth-order valence-corrected chi connectivity index (χ4v) is 1.80. The molecule has 0 aromatic heterocycles. The summed E-state index contributed by atoms with van der Waals surface area (Å²) >= 11 is 11.6. The van der Waals surface area contributed by atoms with E-state index >= 15 is 0 Å². The monoisotopic (exact) mass is 322 g/mol. The maximum Gasteiger partial charge on any atom is 0.300 e. The highest BCUT2D eigenvalue weighted by atomic mass is 35.5. The van der Waals surface area contributed by atoms with Crippen LogP contribution in [0.3, 0.4) is 0 Å². The van der Waals surface area contributed by atoms with Crippen molar-refractivity contribution in [2.24, 2.45) is 5.84 Å². The lowest BCUT2D eigenvalue weighted by Gasteiger charge is -2.09. The van der Waals surface area contributed by atoms with Crippen molar-refractivity contribution in [3.63, 3.8) is 0 Å². The summed E-state index contributed by atoms with van der Waals surface area (Å²) in [5.41, 5.74) is 2.80. The Morgan fingerprint density at radius 1 is 1.00 bits per heavy atom. The van der Waals surface area contributed by atoms with Crippen molar-refractivity contribution >= 4 is 35.2 Å². The Kier molecular flexibility index (Phi) is 5.22. The number of nitrogens with two attached hydrogens (primary N) is 1. The molecule has 0 spiro atoms. The van der Waals surface area contributed by atoms with Gasteiger partial charge < -0.3 is 4.74 Å². The first-order valence-electron chi connectivity index (χ1n) is 6.00. The Morgan fingerprint density at radius 3 is 2.05 bits per heavy atom. The molecule has 0 heterocycles. The molecule has 0 aliphatic carbocycles. The van der Waals surface area contributed by atoms with E-state index in [4.69, 9.17) is 33.8 Å². The third-order valence-electron chi connectivity index (χ3n) is 2.56. The van der Waals surface area contributed by atoms with Crippen molar-refractivity contribution in [3.05, 3.63) is 69.9 Å². The van der Waals surface area contributed by atoms with Crippen LogP contribution in [0.5, 0.6) is 5.75 Å². The minimum Gasteiger partial charge on any atom is -0.452 e. The number of carbonyl (C=O) groups excluding carboxylic acids is 1. The van der Waals surface area contributed by atoms with Gasteiger partial charge in [0.1, 0.15) is 5.75 Å². The number of carbonyl (C=O) groups is 1. The zero-order valence-corrected chi connectivity index (χ0v) is 12.4. The van der Waals surface area contributed by atoms with Gasteiger partial charge in [0.2, 0.25) is 0 Å². The maximum absolute atomic E-state index is 11.8. The highest BCUT2D eigenvalue weighted by Crippen LogP contribution is 2.19. The third kappa shape index (κ3) is 4.49. The summed E-state index contributed by atoms with van der Waals surface area (Å²) in [4.78, 5) is 11.8. The molecular weight excluding hydrogens is 311 g/mol. The van der Waals surface area contributed by atoms with Crippen molar-refractivity contribution in [1.29, 1.82) is 0 Å². The first-order chi connectivity index (χ1) is 10.1. The van der Waals surface area contributed by atoms with E-state index in [2.05, 4.69) is 0 Å². The van der Waals surface area contributed by atoms with Gasteiger partial charge in [-0.15, -0.1) is 0 Å². The summed E-state index contributed by atoms with van der Waals surface area (Å²) in [6.45, 7) is 0. The molecule has 0 fully saturated rings. The molecule has 21 heavy (non-hydrogen) atoms. The zero-order valence-electron chi connectivity index (χ0n) is 10.8. The number of nitrogens with one attached hydrogen (secondary N) is 1. The maximum atomic E-state index is 11.8. The van der Waals surface area contributed by atoms with E-state index in [1.54, 1.807) is 54.6 Å². The second-order valence-electron chi connectivity index (χ2n) is 4.09. The van der Waals surface area contributed by atoms with Gasteiger partial charge in [0, 0.05) is 10.0 Å². The fraction of sp³-hybridized carbons (Fsp3) is 0. The van der Waals surface area contributed by atoms with Crippen molar-refractivity contribution in [2.45, 2.75) is 0 Å². The highest BCUT2D eigenvalue weighted by Gasteiger charge is 2.11. The van der Waals surface area contributed by atoms with Crippen LogP contribution < -0.4 is 16.0 Å². The van der Waals surface area contributed by atoms with Gasteiger partial charge in [-0.2, -0.15) is 0 Å². The lowest BCUT2D eigenvalue weighted by molar-refractivity contribution is -0.119.